The number of hydrogen-bond acceptors (Lipinski definition) is 4. The van der Waals surface area contributed by atoms with E-state index in [1.54, 1.807) is 24.3 Å². The number of nitrogens with zero attached hydrogens (tertiary/aromatic N) is 1. The molecular weight excluding hydrogens is 254 g/mol. The van der Waals surface area contributed by atoms with Gasteiger partial charge < -0.3 is 4.74 Å². The van der Waals surface area contributed by atoms with Gasteiger partial charge in [-0.05, 0) is 12.1 Å². The first-order valence-corrected chi connectivity index (χ1v) is 5.82. The van der Waals surface area contributed by atoms with Crippen molar-refractivity contribution < 1.29 is 14.3 Å². The molecule has 0 fully saturated rings. The van der Waals surface area contributed by atoms with Crippen LogP contribution in [-0.4, -0.2) is 22.6 Å². The van der Waals surface area contributed by atoms with Gasteiger partial charge in [-0.25, -0.2) is 0 Å². The number of benzene rings is 1. The summed E-state index contributed by atoms with van der Waals surface area (Å²) in [5.74, 6) is -0.386. The predicted octanol–water partition coefficient (Wildman–Crippen LogP) is 2.58. The van der Waals surface area contributed by atoms with Crippen molar-refractivity contribution in [2.75, 3.05) is 5.88 Å². The topological polar surface area (TPSA) is 56.3 Å². The van der Waals surface area contributed by atoms with Gasteiger partial charge in [-0.2, -0.15) is 0 Å². The second kappa shape index (κ2) is 5.14. The molecule has 0 bridgehead atoms. The number of carbonyl (C=O) groups is 2. The van der Waals surface area contributed by atoms with Crippen LogP contribution in [0.25, 0.3) is 10.9 Å². The van der Waals surface area contributed by atoms with E-state index < -0.39 is 5.97 Å². The number of para-hydroxylation sites is 1. The van der Waals surface area contributed by atoms with Gasteiger partial charge in [-0.15, -0.1) is 11.6 Å². The number of esters is 1. The summed E-state index contributed by atoms with van der Waals surface area (Å²) in [6.07, 6.45) is 1.50. The van der Waals surface area contributed by atoms with E-state index in [0.29, 0.717) is 22.2 Å². The highest BCUT2D eigenvalue weighted by Crippen LogP contribution is 2.26. The van der Waals surface area contributed by atoms with Crippen molar-refractivity contribution in [2.45, 2.75) is 6.92 Å². The van der Waals surface area contributed by atoms with Crippen molar-refractivity contribution in [3.8, 4) is 5.75 Å². The average molecular weight is 264 g/mol. The fraction of sp³-hybridized carbons (Fsp3) is 0.154. The second-order valence-corrected chi connectivity index (χ2v) is 3.93. The van der Waals surface area contributed by atoms with Gasteiger partial charge in [0.15, 0.2) is 11.5 Å². The molecule has 1 aromatic heterocycles. The van der Waals surface area contributed by atoms with E-state index in [1.807, 2.05) is 0 Å². The van der Waals surface area contributed by atoms with Crippen LogP contribution >= 0.6 is 11.6 Å². The number of rotatable bonds is 3. The second-order valence-electron chi connectivity index (χ2n) is 3.66. The van der Waals surface area contributed by atoms with E-state index in [9.17, 15) is 9.59 Å². The maximum Gasteiger partial charge on any atom is 0.308 e. The van der Waals surface area contributed by atoms with Crippen molar-refractivity contribution in [2.24, 2.45) is 0 Å². The van der Waals surface area contributed by atoms with Gasteiger partial charge in [0.05, 0.1) is 5.88 Å². The lowest BCUT2D eigenvalue weighted by Crippen LogP contribution is -2.05. The summed E-state index contributed by atoms with van der Waals surface area (Å²) in [4.78, 5) is 26.8. The Morgan fingerprint density at radius 3 is 2.78 bits per heavy atom. The molecule has 2 aromatic rings. The number of aromatic nitrogens is 1. The molecule has 2 rings (SSSR count). The van der Waals surface area contributed by atoms with Gasteiger partial charge >= 0.3 is 5.97 Å². The first-order chi connectivity index (χ1) is 8.63. The molecule has 0 aliphatic rings. The van der Waals surface area contributed by atoms with Crippen LogP contribution in [0.3, 0.4) is 0 Å². The van der Waals surface area contributed by atoms with Crippen LogP contribution in [0.2, 0.25) is 0 Å². The standard InChI is InChI=1S/C13H10ClNO3/c1-8(16)18-12-4-2-3-10-9(11(17)7-14)5-6-15-13(10)12/h2-6H,7H2,1H3. The van der Waals surface area contributed by atoms with Crippen LogP contribution in [0.4, 0.5) is 0 Å². The van der Waals surface area contributed by atoms with Gasteiger partial charge in [0.25, 0.3) is 0 Å². The third-order valence-electron chi connectivity index (χ3n) is 2.41. The largest absolute Gasteiger partial charge is 0.424 e. The van der Waals surface area contributed by atoms with E-state index in [4.69, 9.17) is 16.3 Å². The van der Waals surface area contributed by atoms with E-state index in [-0.39, 0.29) is 11.7 Å². The summed E-state index contributed by atoms with van der Waals surface area (Å²) >= 11 is 5.56. The number of carbonyl (C=O) groups excluding carboxylic acids is 2. The van der Waals surface area contributed by atoms with E-state index in [0.717, 1.165) is 0 Å². The number of pyridine rings is 1. The summed E-state index contributed by atoms with van der Waals surface area (Å²) in [6, 6.07) is 6.68. The molecule has 0 saturated carbocycles. The Morgan fingerprint density at radius 1 is 1.33 bits per heavy atom. The number of fused-ring (bicyclic) bond motifs is 1. The first kappa shape index (κ1) is 12.5. The minimum absolute atomic E-state index is 0.100. The number of ketones is 1. The van der Waals surface area contributed by atoms with Gasteiger partial charge in [0, 0.05) is 24.1 Å². The number of Topliss-reactive ketones (excluding diaryl/α,β-unsaturated/α-hetero) is 1. The number of alkyl halides is 1. The van der Waals surface area contributed by atoms with Gasteiger partial charge in [0.1, 0.15) is 5.52 Å². The van der Waals surface area contributed by atoms with Crippen molar-refractivity contribution in [3.63, 3.8) is 0 Å². The molecular formula is C13H10ClNO3. The molecule has 0 radical (unpaired) electrons. The predicted molar refractivity (Wildman–Crippen MR) is 68.1 cm³/mol. The lowest BCUT2D eigenvalue weighted by molar-refractivity contribution is -0.131. The minimum atomic E-state index is -0.432. The summed E-state index contributed by atoms with van der Waals surface area (Å²) in [6.45, 7) is 1.31. The Labute approximate surface area is 109 Å². The molecule has 0 saturated heterocycles. The molecule has 18 heavy (non-hydrogen) atoms. The Balaban J connectivity index is 2.65. The molecule has 0 N–H and O–H groups in total. The zero-order chi connectivity index (χ0) is 13.1. The average Bonchev–Trinajstić information content (AvgIpc) is 2.37. The SMILES string of the molecule is CC(=O)Oc1cccc2c(C(=O)CCl)ccnc12. The monoisotopic (exact) mass is 263 g/mol. The fourth-order valence-corrected chi connectivity index (χ4v) is 1.85. The van der Waals surface area contributed by atoms with E-state index >= 15 is 0 Å². The molecule has 0 spiro atoms. The molecule has 5 heteroatoms. The zero-order valence-electron chi connectivity index (χ0n) is 9.64. The van der Waals surface area contributed by atoms with Crippen LogP contribution in [0, 0.1) is 0 Å². The third-order valence-corrected chi connectivity index (χ3v) is 2.65. The molecule has 0 aliphatic carbocycles. The molecule has 4 nitrogen and oxygen atoms in total. The van der Waals surface area contributed by atoms with E-state index in [1.165, 1.54) is 13.1 Å². The number of ether oxygens (including phenoxy) is 1. The van der Waals surface area contributed by atoms with Crippen molar-refractivity contribution in [3.05, 3.63) is 36.0 Å². The quantitative estimate of drug-likeness (QED) is 0.370. The third kappa shape index (κ3) is 2.33. The molecule has 0 amide bonds. The molecule has 0 unspecified atom stereocenters. The fourth-order valence-electron chi connectivity index (χ4n) is 1.70. The van der Waals surface area contributed by atoms with Crippen LogP contribution in [0.1, 0.15) is 17.3 Å². The van der Waals surface area contributed by atoms with Crippen LogP contribution < -0.4 is 4.74 Å². The van der Waals surface area contributed by atoms with Gasteiger partial charge in [-0.3, -0.25) is 14.6 Å². The Kier molecular flexibility index (Phi) is 3.58. The molecule has 0 aliphatic heterocycles. The highest BCUT2D eigenvalue weighted by atomic mass is 35.5. The van der Waals surface area contributed by atoms with Crippen molar-refractivity contribution >= 4 is 34.3 Å². The maximum atomic E-state index is 11.7. The lowest BCUT2D eigenvalue weighted by atomic mass is 10.1. The Hall–Kier alpha value is -1.94. The lowest BCUT2D eigenvalue weighted by Gasteiger charge is -2.07. The molecule has 0 atom stereocenters. The molecule has 1 aromatic carbocycles. The Bertz CT molecular complexity index is 625. The number of hydrogen-bond donors (Lipinski definition) is 0. The highest BCUT2D eigenvalue weighted by Gasteiger charge is 2.12. The summed E-state index contributed by atoms with van der Waals surface area (Å²) < 4.78 is 5.05. The van der Waals surface area contributed by atoms with Crippen LogP contribution in [0.5, 0.6) is 5.75 Å². The maximum absolute atomic E-state index is 11.7. The molecule has 1 heterocycles. The van der Waals surface area contributed by atoms with E-state index in [2.05, 4.69) is 4.98 Å². The van der Waals surface area contributed by atoms with Crippen LogP contribution in [0.15, 0.2) is 30.5 Å². The summed E-state index contributed by atoms with van der Waals surface area (Å²) in [7, 11) is 0. The number of halogens is 1. The molecule has 92 valence electrons. The zero-order valence-corrected chi connectivity index (χ0v) is 10.4. The van der Waals surface area contributed by atoms with Gasteiger partial charge in [-0.1, -0.05) is 12.1 Å². The first-order valence-electron chi connectivity index (χ1n) is 5.29. The van der Waals surface area contributed by atoms with Crippen molar-refractivity contribution in [1.82, 2.24) is 4.98 Å². The van der Waals surface area contributed by atoms with Gasteiger partial charge in [0.2, 0.25) is 0 Å². The van der Waals surface area contributed by atoms with Crippen molar-refractivity contribution in [1.29, 1.82) is 0 Å². The minimum Gasteiger partial charge on any atom is -0.424 e. The summed E-state index contributed by atoms with van der Waals surface area (Å²) in [5.41, 5.74) is 0.952. The smallest absolute Gasteiger partial charge is 0.308 e. The normalized spacial score (nSPS) is 10.3. The van der Waals surface area contributed by atoms with Crippen LogP contribution in [-0.2, 0) is 4.79 Å². The highest BCUT2D eigenvalue weighted by molar-refractivity contribution is 6.31. The Morgan fingerprint density at radius 2 is 2.11 bits per heavy atom. The summed E-state index contributed by atoms with van der Waals surface area (Å²) in [5, 5.41) is 0.627.